The first-order valence-corrected chi connectivity index (χ1v) is 6.19. The van der Waals surface area contributed by atoms with E-state index >= 15 is 0 Å². The van der Waals surface area contributed by atoms with Crippen LogP contribution in [0, 0.1) is 5.92 Å². The molecule has 1 aliphatic heterocycles. The topological polar surface area (TPSA) is 37.0 Å². The van der Waals surface area contributed by atoms with E-state index in [0.29, 0.717) is 0 Å². The van der Waals surface area contributed by atoms with Crippen LogP contribution in [0.1, 0.15) is 12.8 Å². The third-order valence-electron chi connectivity index (χ3n) is 2.81. The van der Waals surface area contributed by atoms with Crippen molar-refractivity contribution in [1.29, 1.82) is 0 Å². The van der Waals surface area contributed by atoms with Crippen molar-refractivity contribution in [3.05, 3.63) is 22.9 Å². The molecule has 15 heavy (non-hydrogen) atoms. The molecular formula is C11H16BrN3. The van der Waals surface area contributed by atoms with E-state index in [1.54, 1.807) is 0 Å². The van der Waals surface area contributed by atoms with Crippen LogP contribution in [0.25, 0.3) is 0 Å². The molecule has 0 unspecified atom stereocenters. The Kier molecular flexibility index (Phi) is 3.97. The fourth-order valence-electron chi connectivity index (χ4n) is 1.86. The summed E-state index contributed by atoms with van der Waals surface area (Å²) in [5.74, 6) is 0.798. The first-order chi connectivity index (χ1) is 7.36. The maximum absolute atomic E-state index is 4.04. The van der Waals surface area contributed by atoms with Gasteiger partial charge in [-0.2, -0.15) is 0 Å². The van der Waals surface area contributed by atoms with Crippen molar-refractivity contribution in [3.63, 3.8) is 0 Å². The second-order valence-electron chi connectivity index (χ2n) is 3.93. The van der Waals surface area contributed by atoms with Crippen molar-refractivity contribution in [3.8, 4) is 0 Å². The SMILES string of the molecule is Brc1cnccc1NCC1CCNCC1. The van der Waals surface area contributed by atoms with Gasteiger partial charge < -0.3 is 10.6 Å². The van der Waals surface area contributed by atoms with Crippen LogP contribution in [0.5, 0.6) is 0 Å². The van der Waals surface area contributed by atoms with Gasteiger partial charge in [-0.15, -0.1) is 0 Å². The van der Waals surface area contributed by atoms with Gasteiger partial charge in [-0.3, -0.25) is 4.98 Å². The van der Waals surface area contributed by atoms with Crippen LogP contribution in [0.15, 0.2) is 22.9 Å². The first-order valence-electron chi connectivity index (χ1n) is 5.40. The molecule has 1 aromatic rings. The van der Waals surface area contributed by atoms with Gasteiger partial charge in [0.05, 0.1) is 10.2 Å². The summed E-state index contributed by atoms with van der Waals surface area (Å²) >= 11 is 3.48. The molecule has 4 heteroatoms. The van der Waals surface area contributed by atoms with Crippen LogP contribution in [0.3, 0.4) is 0 Å². The van der Waals surface area contributed by atoms with E-state index in [1.165, 1.54) is 12.8 Å². The van der Waals surface area contributed by atoms with E-state index in [-0.39, 0.29) is 0 Å². The molecular weight excluding hydrogens is 254 g/mol. The highest BCUT2D eigenvalue weighted by atomic mass is 79.9. The van der Waals surface area contributed by atoms with Crippen molar-refractivity contribution >= 4 is 21.6 Å². The third-order valence-corrected chi connectivity index (χ3v) is 3.44. The first kappa shape index (κ1) is 10.9. The van der Waals surface area contributed by atoms with Crippen LogP contribution in [0.2, 0.25) is 0 Å². The molecule has 2 heterocycles. The molecule has 0 saturated carbocycles. The monoisotopic (exact) mass is 269 g/mol. The zero-order valence-corrected chi connectivity index (χ0v) is 10.3. The number of hydrogen-bond donors (Lipinski definition) is 2. The zero-order chi connectivity index (χ0) is 10.5. The summed E-state index contributed by atoms with van der Waals surface area (Å²) in [6.45, 7) is 3.37. The van der Waals surface area contributed by atoms with E-state index in [4.69, 9.17) is 0 Å². The lowest BCUT2D eigenvalue weighted by molar-refractivity contribution is 0.390. The number of nitrogens with zero attached hydrogens (tertiary/aromatic N) is 1. The average molecular weight is 270 g/mol. The minimum Gasteiger partial charge on any atom is -0.384 e. The van der Waals surface area contributed by atoms with Gasteiger partial charge >= 0.3 is 0 Å². The number of anilines is 1. The summed E-state index contributed by atoms with van der Waals surface area (Å²) in [6.07, 6.45) is 6.19. The summed E-state index contributed by atoms with van der Waals surface area (Å²) in [4.78, 5) is 4.04. The molecule has 0 aromatic carbocycles. The summed E-state index contributed by atoms with van der Waals surface area (Å²) in [5.41, 5.74) is 1.14. The Morgan fingerprint density at radius 2 is 2.27 bits per heavy atom. The van der Waals surface area contributed by atoms with Gasteiger partial charge in [0, 0.05) is 18.9 Å². The number of pyridine rings is 1. The molecule has 0 radical (unpaired) electrons. The lowest BCUT2D eigenvalue weighted by Crippen LogP contribution is -2.31. The maximum atomic E-state index is 4.04. The molecule has 1 aliphatic rings. The summed E-state index contributed by atoms with van der Waals surface area (Å²) < 4.78 is 1.04. The smallest absolute Gasteiger partial charge is 0.0590 e. The van der Waals surface area contributed by atoms with Gasteiger partial charge in [-0.25, -0.2) is 0 Å². The van der Waals surface area contributed by atoms with Gasteiger partial charge in [-0.1, -0.05) is 0 Å². The van der Waals surface area contributed by atoms with E-state index in [9.17, 15) is 0 Å². The number of piperidine rings is 1. The second kappa shape index (κ2) is 5.47. The summed E-state index contributed by atoms with van der Waals surface area (Å²) in [7, 11) is 0. The molecule has 82 valence electrons. The number of hydrogen-bond acceptors (Lipinski definition) is 3. The quantitative estimate of drug-likeness (QED) is 0.884. The van der Waals surface area contributed by atoms with Gasteiger partial charge in [0.15, 0.2) is 0 Å². The Morgan fingerprint density at radius 1 is 1.47 bits per heavy atom. The largest absolute Gasteiger partial charge is 0.384 e. The van der Waals surface area contributed by atoms with Crippen molar-refractivity contribution in [2.75, 3.05) is 25.0 Å². The van der Waals surface area contributed by atoms with Gasteiger partial charge in [0.2, 0.25) is 0 Å². The van der Waals surface area contributed by atoms with Crippen molar-refractivity contribution < 1.29 is 0 Å². The Labute approximate surface area is 98.8 Å². The maximum Gasteiger partial charge on any atom is 0.0590 e. The Bertz CT molecular complexity index is 310. The molecule has 1 aromatic heterocycles. The van der Waals surface area contributed by atoms with Crippen molar-refractivity contribution in [2.24, 2.45) is 5.92 Å². The minimum atomic E-state index is 0.798. The average Bonchev–Trinajstić information content (AvgIpc) is 2.29. The standard InChI is InChI=1S/C11H16BrN3/c12-10-8-14-6-3-11(10)15-7-9-1-4-13-5-2-9/h3,6,8-9,13H,1-2,4-5,7H2,(H,14,15). The van der Waals surface area contributed by atoms with E-state index in [2.05, 4.69) is 31.5 Å². The lowest BCUT2D eigenvalue weighted by Gasteiger charge is -2.23. The zero-order valence-electron chi connectivity index (χ0n) is 8.67. The molecule has 3 nitrogen and oxygen atoms in total. The molecule has 0 atom stereocenters. The fourth-order valence-corrected chi connectivity index (χ4v) is 2.25. The highest BCUT2D eigenvalue weighted by Gasteiger charge is 2.12. The minimum absolute atomic E-state index is 0.798. The van der Waals surface area contributed by atoms with E-state index < -0.39 is 0 Å². The Hall–Kier alpha value is -0.610. The van der Waals surface area contributed by atoms with Crippen LogP contribution >= 0.6 is 15.9 Å². The molecule has 2 rings (SSSR count). The van der Waals surface area contributed by atoms with E-state index in [1.807, 2.05) is 18.5 Å². The highest BCUT2D eigenvalue weighted by molar-refractivity contribution is 9.10. The van der Waals surface area contributed by atoms with E-state index in [0.717, 1.165) is 35.7 Å². The van der Waals surface area contributed by atoms with Crippen LogP contribution in [-0.2, 0) is 0 Å². The van der Waals surface area contributed by atoms with Crippen LogP contribution in [0.4, 0.5) is 5.69 Å². The Morgan fingerprint density at radius 3 is 3.00 bits per heavy atom. The predicted octanol–water partition coefficient (Wildman–Crippen LogP) is 2.26. The number of aromatic nitrogens is 1. The fraction of sp³-hybridized carbons (Fsp3) is 0.545. The predicted molar refractivity (Wildman–Crippen MR) is 66.0 cm³/mol. The molecule has 0 aliphatic carbocycles. The van der Waals surface area contributed by atoms with Crippen LogP contribution in [-0.4, -0.2) is 24.6 Å². The molecule has 1 saturated heterocycles. The van der Waals surface area contributed by atoms with Gasteiger partial charge in [0.25, 0.3) is 0 Å². The summed E-state index contributed by atoms with van der Waals surface area (Å²) in [5, 5.41) is 6.85. The number of rotatable bonds is 3. The van der Waals surface area contributed by atoms with Crippen molar-refractivity contribution in [1.82, 2.24) is 10.3 Å². The van der Waals surface area contributed by atoms with Crippen molar-refractivity contribution in [2.45, 2.75) is 12.8 Å². The second-order valence-corrected chi connectivity index (χ2v) is 4.78. The van der Waals surface area contributed by atoms with Crippen LogP contribution < -0.4 is 10.6 Å². The molecule has 0 spiro atoms. The van der Waals surface area contributed by atoms with Gasteiger partial charge in [-0.05, 0) is 53.8 Å². The lowest BCUT2D eigenvalue weighted by atomic mass is 9.98. The summed E-state index contributed by atoms with van der Waals surface area (Å²) in [6, 6.07) is 2.01. The number of nitrogens with one attached hydrogen (secondary N) is 2. The number of halogens is 1. The third kappa shape index (κ3) is 3.18. The highest BCUT2D eigenvalue weighted by Crippen LogP contribution is 2.21. The van der Waals surface area contributed by atoms with Gasteiger partial charge in [0.1, 0.15) is 0 Å². The normalized spacial score (nSPS) is 17.7. The molecule has 0 bridgehead atoms. The molecule has 0 amide bonds. The molecule has 2 N–H and O–H groups in total. The Balaban J connectivity index is 1.84. The molecule has 1 fully saturated rings.